The molecule has 160 valence electrons. The van der Waals surface area contributed by atoms with Gasteiger partial charge in [0.05, 0.1) is 30.6 Å². The number of nitrogens with one attached hydrogen (secondary N) is 1. The average Bonchev–Trinajstić information content (AvgIpc) is 3.45. The third kappa shape index (κ3) is 3.67. The Bertz CT molecular complexity index is 1180. The van der Waals surface area contributed by atoms with Crippen LogP contribution in [0, 0.1) is 5.92 Å². The molecule has 0 spiro atoms. The molecule has 5 heterocycles. The lowest BCUT2D eigenvalue weighted by Crippen LogP contribution is -2.44. The third-order valence-corrected chi connectivity index (χ3v) is 5.66. The number of aromatic nitrogens is 6. The van der Waals surface area contributed by atoms with Crippen LogP contribution in [0.15, 0.2) is 42.9 Å². The molecule has 0 aliphatic carbocycles. The second-order valence-corrected chi connectivity index (χ2v) is 8.46. The Balaban J connectivity index is 1.76. The second kappa shape index (κ2) is 8.11. The second-order valence-electron chi connectivity index (χ2n) is 8.46. The number of ether oxygens (including phenoxy) is 1. The van der Waals surface area contributed by atoms with Crippen molar-refractivity contribution in [3.8, 4) is 22.6 Å². The van der Waals surface area contributed by atoms with Gasteiger partial charge in [-0.1, -0.05) is 13.8 Å². The predicted molar refractivity (Wildman–Crippen MR) is 121 cm³/mol. The van der Waals surface area contributed by atoms with E-state index in [1.54, 1.807) is 6.20 Å². The van der Waals surface area contributed by atoms with Gasteiger partial charge in [0.2, 0.25) is 0 Å². The van der Waals surface area contributed by atoms with Crippen LogP contribution >= 0.6 is 0 Å². The largest absolute Gasteiger partial charge is 0.377 e. The van der Waals surface area contributed by atoms with Crippen molar-refractivity contribution in [1.29, 1.82) is 0 Å². The van der Waals surface area contributed by atoms with Crippen molar-refractivity contribution < 1.29 is 4.74 Å². The highest BCUT2D eigenvalue weighted by molar-refractivity contribution is 6.01. The first-order valence-electron chi connectivity index (χ1n) is 10.8. The maximum absolute atomic E-state index is 5.66. The van der Waals surface area contributed by atoms with Crippen molar-refractivity contribution in [2.24, 2.45) is 5.92 Å². The summed E-state index contributed by atoms with van der Waals surface area (Å²) in [5, 5.41) is 12.8. The molecule has 8 nitrogen and oxygen atoms in total. The molecule has 0 bridgehead atoms. The average molecular weight is 418 g/mol. The maximum atomic E-state index is 5.66. The Morgan fingerprint density at radius 2 is 2.10 bits per heavy atom. The van der Waals surface area contributed by atoms with Gasteiger partial charge in [-0.25, -0.2) is 4.98 Å². The standard InChI is InChI=1S/C23H27N7O/c1-15(2)13-30-20(6-9-26-30)18-12-21(29-10-11-31-14-16(29)3)27-22-17(18)4-7-24-23(22)19-5-8-25-28-19/h4-9,12,15-16H,10-11,13-14H2,1-3H3,(H,25,28)/t16-/m1/s1. The summed E-state index contributed by atoms with van der Waals surface area (Å²) in [6.07, 6.45) is 5.45. The first-order valence-corrected chi connectivity index (χ1v) is 10.8. The minimum absolute atomic E-state index is 0.249. The number of aromatic amines is 1. The lowest BCUT2D eigenvalue weighted by Gasteiger charge is -2.34. The van der Waals surface area contributed by atoms with Crippen LogP contribution in [0.5, 0.6) is 0 Å². The van der Waals surface area contributed by atoms with E-state index in [1.807, 2.05) is 24.5 Å². The highest BCUT2D eigenvalue weighted by Crippen LogP contribution is 2.35. The minimum atomic E-state index is 0.249. The fourth-order valence-electron chi connectivity index (χ4n) is 4.20. The van der Waals surface area contributed by atoms with E-state index in [4.69, 9.17) is 9.72 Å². The van der Waals surface area contributed by atoms with Gasteiger partial charge >= 0.3 is 0 Å². The Hall–Kier alpha value is -3.26. The molecule has 1 saturated heterocycles. The number of morpholine rings is 1. The van der Waals surface area contributed by atoms with E-state index in [0.717, 1.165) is 52.5 Å². The first-order chi connectivity index (χ1) is 15.1. The zero-order valence-corrected chi connectivity index (χ0v) is 18.1. The lowest BCUT2D eigenvalue weighted by atomic mass is 10.0. The normalized spacial score (nSPS) is 17.0. The summed E-state index contributed by atoms with van der Waals surface area (Å²) in [7, 11) is 0. The van der Waals surface area contributed by atoms with Crippen molar-refractivity contribution in [2.45, 2.75) is 33.4 Å². The first kappa shape index (κ1) is 19.7. The van der Waals surface area contributed by atoms with Crippen LogP contribution in [-0.2, 0) is 11.3 Å². The Kier molecular flexibility index (Phi) is 5.15. The van der Waals surface area contributed by atoms with E-state index in [1.165, 1.54) is 0 Å². The van der Waals surface area contributed by atoms with E-state index in [0.29, 0.717) is 19.1 Å². The van der Waals surface area contributed by atoms with E-state index >= 15 is 0 Å². The van der Waals surface area contributed by atoms with Crippen molar-refractivity contribution in [2.75, 3.05) is 24.7 Å². The van der Waals surface area contributed by atoms with Crippen LogP contribution in [0.2, 0.25) is 0 Å². The van der Waals surface area contributed by atoms with Crippen LogP contribution in [0.1, 0.15) is 20.8 Å². The number of H-pyrrole nitrogens is 1. The fourth-order valence-corrected chi connectivity index (χ4v) is 4.20. The molecule has 1 aliphatic heterocycles. The van der Waals surface area contributed by atoms with Gasteiger partial charge in [0.25, 0.3) is 0 Å². The molecule has 1 N–H and O–H groups in total. The number of hydrogen-bond donors (Lipinski definition) is 1. The van der Waals surface area contributed by atoms with Crippen LogP contribution in [0.3, 0.4) is 0 Å². The summed E-state index contributed by atoms with van der Waals surface area (Å²) in [6.45, 7) is 9.64. The van der Waals surface area contributed by atoms with Gasteiger partial charge in [-0.15, -0.1) is 0 Å². The van der Waals surface area contributed by atoms with Crippen molar-refractivity contribution >= 4 is 16.7 Å². The van der Waals surface area contributed by atoms with Gasteiger partial charge in [0.1, 0.15) is 17.0 Å². The molecule has 4 aromatic rings. The molecule has 4 aromatic heterocycles. The van der Waals surface area contributed by atoms with Crippen LogP contribution in [-0.4, -0.2) is 55.7 Å². The number of pyridine rings is 2. The zero-order valence-electron chi connectivity index (χ0n) is 18.1. The summed E-state index contributed by atoms with van der Waals surface area (Å²) in [5.41, 5.74) is 4.71. The Labute approximate surface area is 181 Å². The Morgan fingerprint density at radius 3 is 2.87 bits per heavy atom. The maximum Gasteiger partial charge on any atom is 0.130 e. The van der Waals surface area contributed by atoms with Gasteiger partial charge in [0, 0.05) is 42.6 Å². The van der Waals surface area contributed by atoms with Gasteiger partial charge in [-0.05, 0) is 37.1 Å². The SMILES string of the molecule is CC(C)Cn1nccc1-c1cc(N2CCOC[C@H]2C)nc2c(-c3ccn[nH]3)nccc12. The van der Waals surface area contributed by atoms with Crippen LogP contribution in [0.25, 0.3) is 33.5 Å². The van der Waals surface area contributed by atoms with Crippen molar-refractivity contribution in [3.05, 3.63) is 42.9 Å². The molecule has 0 radical (unpaired) electrons. The molecule has 1 aliphatic rings. The number of hydrogen-bond acceptors (Lipinski definition) is 6. The highest BCUT2D eigenvalue weighted by atomic mass is 16.5. The summed E-state index contributed by atoms with van der Waals surface area (Å²) < 4.78 is 7.75. The van der Waals surface area contributed by atoms with E-state index in [-0.39, 0.29) is 6.04 Å². The van der Waals surface area contributed by atoms with Crippen LogP contribution in [0.4, 0.5) is 5.82 Å². The number of fused-ring (bicyclic) bond motifs is 1. The quantitative estimate of drug-likeness (QED) is 0.532. The number of anilines is 1. The number of rotatable bonds is 5. The summed E-state index contributed by atoms with van der Waals surface area (Å²) >= 11 is 0. The topological polar surface area (TPSA) is 84.8 Å². The molecule has 0 saturated carbocycles. The van der Waals surface area contributed by atoms with Gasteiger partial charge in [-0.3, -0.25) is 14.8 Å². The van der Waals surface area contributed by atoms with E-state index in [9.17, 15) is 0 Å². The molecular formula is C23H27N7O. The number of nitrogens with zero attached hydrogens (tertiary/aromatic N) is 6. The summed E-state index contributed by atoms with van der Waals surface area (Å²) in [5.74, 6) is 1.43. The van der Waals surface area contributed by atoms with Gasteiger partial charge in [0.15, 0.2) is 0 Å². The molecule has 0 aromatic carbocycles. The summed E-state index contributed by atoms with van der Waals surface area (Å²) in [6, 6.07) is 8.49. The van der Waals surface area contributed by atoms with Crippen molar-refractivity contribution in [1.82, 2.24) is 29.9 Å². The van der Waals surface area contributed by atoms with E-state index < -0.39 is 0 Å². The van der Waals surface area contributed by atoms with Crippen molar-refractivity contribution in [3.63, 3.8) is 0 Å². The highest BCUT2D eigenvalue weighted by Gasteiger charge is 2.24. The van der Waals surface area contributed by atoms with Crippen LogP contribution < -0.4 is 4.90 Å². The molecule has 31 heavy (non-hydrogen) atoms. The predicted octanol–water partition coefficient (Wildman–Crippen LogP) is 3.76. The summed E-state index contributed by atoms with van der Waals surface area (Å²) in [4.78, 5) is 12.1. The molecule has 1 fully saturated rings. The van der Waals surface area contributed by atoms with Gasteiger partial charge in [-0.2, -0.15) is 10.2 Å². The monoisotopic (exact) mass is 417 g/mol. The molecular weight excluding hydrogens is 390 g/mol. The molecule has 0 amide bonds. The van der Waals surface area contributed by atoms with Gasteiger partial charge < -0.3 is 9.64 Å². The Morgan fingerprint density at radius 1 is 1.19 bits per heavy atom. The fraction of sp³-hybridized carbons (Fsp3) is 0.391. The smallest absolute Gasteiger partial charge is 0.130 e. The molecule has 1 atom stereocenters. The zero-order chi connectivity index (χ0) is 21.4. The molecule has 8 heteroatoms. The lowest BCUT2D eigenvalue weighted by molar-refractivity contribution is 0.0986. The third-order valence-electron chi connectivity index (χ3n) is 5.66. The molecule has 5 rings (SSSR count). The molecule has 0 unspecified atom stereocenters. The van der Waals surface area contributed by atoms with E-state index in [2.05, 4.69) is 62.8 Å². The minimum Gasteiger partial charge on any atom is -0.377 e.